The number of carbonyl (C=O) groups is 2. The molecule has 1 fully saturated rings. The van der Waals surface area contributed by atoms with E-state index in [1.807, 2.05) is 55.8 Å². The Bertz CT molecular complexity index is 1230. The van der Waals surface area contributed by atoms with E-state index >= 15 is 0 Å². The van der Waals surface area contributed by atoms with E-state index < -0.39 is 17.7 Å². The van der Waals surface area contributed by atoms with E-state index in [0.29, 0.717) is 43.2 Å². The molecule has 0 aliphatic carbocycles. The van der Waals surface area contributed by atoms with Crippen LogP contribution >= 0.6 is 0 Å². The minimum absolute atomic E-state index is 0.0105. The largest absolute Gasteiger partial charge is 0.507 e. The van der Waals surface area contributed by atoms with Gasteiger partial charge >= 0.3 is 0 Å². The maximum absolute atomic E-state index is 13.3. The number of aliphatic hydroxyl groups excluding tert-OH is 1. The Hall–Kier alpha value is -4.07. The van der Waals surface area contributed by atoms with E-state index in [4.69, 9.17) is 9.47 Å². The molecule has 0 radical (unpaired) electrons. The summed E-state index contributed by atoms with van der Waals surface area (Å²) in [5.41, 5.74) is 1.25. The number of aromatic nitrogens is 2. The normalized spacial score (nSPS) is 17.0. The number of ether oxygens (including phenoxy) is 2. The van der Waals surface area contributed by atoms with Gasteiger partial charge in [-0.1, -0.05) is 19.1 Å². The predicted octanol–water partition coefficient (Wildman–Crippen LogP) is 4.97. The van der Waals surface area contributed by atoms with Gasteiger partial charge in [-0.15, -0.1) is 0 Å². The lowest BCUT2D eigenvalue weighted by Crippen LogP contribution is -2.31. The van der Waals surface area contributed by atoms with Crippen molar-refractivity contribution in [3.63, 3.8) is 0 Å². The Morgan fingerprint density at radius 1 is 1.03 bits per heavy atom. The lowest BCUT2D eigenvalue weighted by molar-refractivity contribution is -0.139. The van der Waals surface area contributed by atoms with E-state index in [9.17, 15) is 14.7 Å². The van der Waals surface area contributed by atoms with Crippen LogP contribution in [0.15, 0.2) is 72.8 Å². The second-order valence-corrected chi connectivity index (χ2v) is 9.26. The van der Waals surface area contributed by atoms with Gasteiger partial charge in [0.25, 0.3) is 11.7 Å². The Balaban J connectivity index is 1.68. The summed E-state index contributed by atoms with van der Waals surface area (Å²) in [6.07, 6.45) is 6.79. The molecule has 0 unspecified atom stereocenters. The number of rotatable bonds is 11. The molecule has 1 atom stereocenters. The maximum Gasteiger partial charge on any atom is 0.295 e. The van der Waals surface area contributed by atoms with Crippen molar-refractivity contribution >= 4 is 17.4 Å². The number of imidazole rings is 1. The third-order valence-electron chi connectivity index (χ3n) is 6.08. The van der Waals surface area contributed by atoms with E-state index in [0.717, 1.165) is 12.0 Å². The van der Waals surface area contributed by atoms with Gasteiger partial charge in [-0.3, -0.25) is 9.59 Å². The average molecular weight is 504 g/mol. The summed E-state index contributed by atoms with van der Waals surface area (Å²) in [7, 11) is 0. The first kappa shape index (κ1) is 26.0. The monoisotopic (exact) mass is 503 g/mol. The average Bonchev–Trinajstić information content (AvgIpc) is 3.50. The SMILES string of the molecule is CCCOc1ccc([C@@H]2C(=C(O)c3ccc(OC(C)C)cc3)C(=O)C(=O)N2CCCn2ccnc2)cc1. The molecule has 1 aliphatic rings. The molecule has 1 saturated heterocycles. The molecule has 1 N–H and O–H groups in total. The highest BCUT2D eigenvalue weighted by atomic mass is 16.5. The summed E-state index contributed by atoms with van der Waals surface area (Å²) in [5.74, 6) is -0.154. The van der Waals surface area contributed by atoms with Gasteiger partial charge in [-0.25, -0.2) is 4.98 Å². The molecule has 0 saturated carbocycles. The number of carbonyl (C=O) groups excluding carboxylic acids is 2. The first-order valence-electron chi connectivity index (χ1n) is 12.6. The van der Waals surface area contributed by atoms with Crippen LogP contribution < -0.4 is 9.47 Å². The van der Waals surface area contributed by atoms with Crippen LogP contribution in [0, 0.1) is 0 Å². The van der Waals surface area contributed by atoms with Crippen molar-refractivity contribution in [2.24, 2.45) is 0 Å². The van der Waals surface area contributed by atoms with Crippen molar-refractivity contribution in [3.8, 4) is 11.5 Å². The molecule has 1 aromatic heterocycles. The number of Topliss-reactive ketones (excluding diaryl/α,β-unsaturated/α-hetero) is 1. The molecular formula is C29H33N3O5. The van der Waals surface area contributed by atoms with Crippen molar-refractivity contribution < 1.29 is 24.2 Å². The van der Waals surface area contributed by atoms with Gasteiger partial charge in [0.15, 0.2) is 0 Å². The first-order chi connectivity index (χ1) is 17.9. The minimum Gasteiger partial charge on any atom is -0.507 e. The number of likely N-dealkylation sites (tertiary alicyclic amines) is 1. The zero-order chi connectivity index (χ0) is 26.4. The number of ketones is 1. The highest BCUT2D eigenvalue weighted by molar-refractivity contribution is 6.46. The third-order valence-corrected chi connectivity index (χ3v) is 6.08. The van der Waals surface area contributed by atoms with Crippen molar-refractivity contribution in [1.82, 2.24) is 14.5 Å². The Kier molecular flexibility index (Phi) is 8.28. The fourth-order valence-corrected chi connectivity index (χ4v) is 4.39. The van der Waals surface area contributed by atoms with Gasteiger partial charge < -0.3 is 24.0 Å². The summed E-state index contributed by atoms with van der Waals surface area (Å²) in [4.78, 5) is 32.0. The number of benzene rings is 2. The summed E-state index contributed by atoms with van der Waals surface area (Å²) in [6.45, 7) is 7.49. The van der Waals surface area contributed by atoms with E-state index in [2.05, 4.69) is 4.98 Å². The number of aliphatic hydroxyl groups is 1. The molecule has 2 aromatic carbocycles. The molecule has 1 aliphatic heterocycles. The van der Waals surface area contributed by atoms with E-state index in [1.165, 1.54) is 0 Å². The van der Waals surface area contributed by atoms with Crippen molar-refractivity contribution in [1.29, 1.82) is 0 Å². The van der Waals surface area contributed by atoms with Gasteiger partial charge in [-0.2, -0.15) is 0 Å². The van der Waals surface area contributed by atoms with Gasteiger partial charge in [-0.05, 0) is 68.7 Å². The van der Waals surface area contributed by atoms with Crippen LogP contribution in [0.3, 0.4) is 0 Å². The molecule has 0 spiro atoms. The summed E-state index contributed by atoms with van der Waals surface area (Å²) >= 11 is 0. The molecule has 194 valence electrons. The summed E-state index contributed by atoms with van der Waals surface area (Å²) < 4.78 is 13.3. The second kappa shape index (κ2) is 11.8. The lowest BCUT2D eigenvalue weighted by Gasteiger charge is -2.25. The van der Waals surface area contributed by atoms with E-state index in [1.54, 1.807) is 41.7 Å². The zero-order valence-electron chi connectivity index (χ0n) is 21.5. The first-order valence-corrected chi connectivity index (χ1v) is 12.6. The van der Waals surface area contributed by atoms with Crippen LogP contribution in [0.1, 0.15) is 50.8 Å². The highest BCUT2D eigenvalue weighted by Gasteiger charge is 2.45. The molecule has 37 heavy (non-hydrogen) atoms. The Morgan fingerprint density at radius 2 is 1.73 bits per heavy atom. The van der Waals surface area contributed by atoms with Crippen LogP contribution in [0.25, 0.3) is 5.76 Å². The van der Waals surface area contributed by atoms with Crippen LogP contribution in [0.5, 0.6) is 11.5 Å². The predicted molar refractivity (Wildman–Crippen MR) is 140 cm³/mol. The fraction of sp³-hybridized carbons (Fsp3) is 0.345. The topological polar surface area (TPSA) is 93.9 Å². The summed E-state index contributed by atoms with van der Waals surface area (Å²) in [5, 5.41) is 11.3. The van der Waals surface area contributed by atoms with Gasteiger partial charge in [0.1, 0.15) is 17.3 Å². The number of nitrogens with zero attached hydrogens (tertiary/aromatic N) is 3. The Morgan fingerprint density at radius 3 is 2.35 bits per heavy atom. The number of hydrogen-bond donors (Lipinski definition) is 1. The quantitative estimate of drug-likeness (QED) is 0.226. The molecule has 8 heteroatoms. The van der Waals surface area contributed by atoms with Crippen molar-refractivity contribution in [2.75, 3.05) is 13.2 Å². The fourth-order valence-electron chi connectivity index (χ4n) is 4.39. The lowest BCUT2D eigenvalue weighted by atomic mass is 9.95. The van der Waals surface area contributed by atoms with Crippen LogP contribution in [-0.2, 0) is 16.1 Å². The van der Waals surface area contributed by atoms with Crippen LogP contribution in [0.4, 0.5) is 0 Å². The highest BCUT2D eigenvalue weighted by Crippen LogP contribution is 2.40. The zero-order valence-corrected chi connectivity index (χ0v) is 21.5. The van der Waals surface area contributed by atoms with Gasteiger partial charge in [0.05, 0.1) is 30.7 Å². The number of hydrogen-bond acceptors (Lipinski definition) is 6. The number of aryl methyl sites for hydroxylation is 1. The van der Waals surface area contributed by atoms with Gasteiger partial charge in [0.2, 0.25) is 0 Å². The molecule has 4 rings (SSSR count). The minimum atomic E-state index is -0.713. The van der Waals surface area contributed by atoms with Crippen LogP contribution in [0.2, 0.25) is 0 Å². The molecule has 8 nitrogen and oxygen atoms in total. The van der Waals surface area contributed by atoms with E-state index in [-0.39, 0.29) is 17.4 Å². The van der Waals surface area contributed by atoms with Gasteiger partial charge in [0, 0.05) is 31.0 Å². The molecular weight excluding hydrogens is 470 g/mol. The standard InChI is InChI=1S/C29H33N3O5/c1-4-18-36-23-10-6-21(7-11-23)26-25(27(33)22-8-12-24(13-9-22)37-20(2)3)28(34)29(35)32(26)16-5-15-31-17-14-30-19-31/h6-14,17,19-20,26,33H,4-5,15-16,18H2,1-3H3/t26-/m1/s1. The van der Waals surface area contributed by atoms with Crippen molar-refractivity contribution in [2.45, 2.75) is 52.3 Å². The molecule has 2 heterocycles. The molecule has 3 aromatic rings. The molecule has 1 amide bonds. The number of amides is 1. The van der Waals surface area contributed by atoms with Crippen LogP contribution in [-0.4, -0.2) is 50.5 Å². The third kappa shape index (κ3) is 6.02. The van der Waals surface area contributed by atoms with Crippen molar-refractivity contribution in [3.05, 3.63) is 84.0 Å². The Labute approximate surface area is 217 Å². The second-order valence-electron chi connectivity index (χ2n) is 9.26. The smallest absolute Gasteiger partial charge is 0.295 e. The maximum atomic E-state index is 13.3. The molecule has 0 bridgehead atoms. The summed E-state index contributed by atoms with van der Waals surface area (Å²) in [6, 6.07) is 13.5.